The van der Waals surface area contributed by atoms with Crippen LogP contribution in [0, 0.1) is 13.8 Å². The van der Waals surface area contributed by atoms with E-state index in [-0.39, 0.29) is 0 Å². The summed E-state index contributed by atoms with van der Waals surface area (Å²) in [5.74, 6) is 0.343. The molecule has 0 unspecified atom stereocenters. The van der Waals surface area contributed by atoms with Crippen LogP contribution in [-0.4, -0.2) is 4.98 Å². The van der Waals surface area contributed by atoms with Crippen LogP contribution in [0.25, 0.3) is 10.9 Å². The lowest BCUT2D eigenvalue weighted by Crippen LogP contribution is -1.99. The molecule has 0 saturated heterocycles. The van der Waals surface area contributed by atoms with Crippen molar-refractivity contribution in [3.05, 3.63) is 39.0 Å². The van der Waals surface area contributed by atoms with Crippen LogP contribution in [0.3, 0.4) is 0 Å². The van der Waals surface area contributed by atoms with Crippen molar-refractivity contribution >= 4 is 34.1 Å². The number of hydrogen-bond donors (Lipinski definition) is 0. The fraction of sp³-hybridized carbons (Fsp3) is 0.357. The first-order chi connectivity index (χ1) is 7.93. The fourth-order valence-electron chi connectivity index (χ4n) is 2.22. The standard InChI is InChI=1S/C14H15Cl2N/c1-7(2)11-9(4)17-14-8(3)5-6-10(15)12(14)13(11)16/h5-7H,1-4H3. The Labute approximate surface area is 112 Å². The highest BCUT2D eigenvalue weighted by molar-refractivity contribution is 6.42. The van der Waals surface area contributed by atoms with Crippen LogP contribution in [0.2, 0.25) is 10.0 Å². The molecule has 0 aliphatic rings. The zero-order chi connectivity index (χ0) is 12.7. The molecule has 1 aromatic heterocycles. The van der Waals surface area contributed by atoms with Gasteiger partial charge in [0.05, 0.1) is 15.6 Å². The number of rotatable bonds is 1. The third kappa shape index (κ3) is 2.02. The first kappa shape index (κ1) is 12.7. The molecule has 0 fully saturated rings. The summed E-state index contributed by atoms with van der Waals surface area (Å²) in [5, 5.41) is 2.30. The molecule has 3 heteroatoms. The zero-order valence-corrected chi connectivity index (χ0v) is 11.9. The first-order valence-electron chi connectivity index (χ1n) is 5.68. The smallest absolute Gasteiger partial charge is 0.0764 e. The zero-order valence-electron chi connectivity index (χ0n) is 10.4. The summed E-state index contributed by atoms with van der Waals surface area (Å²) >= 11 is 12.7. The van der Waals surface area contributed by atoms with Crippen molar-refractivity contribution in [2.45, 2.75) is 33.6 Å². The molecular weight excluding hydrogens is 253 g/mol. The summed E-state index contributed by atoms with van der Waals surface area (Å²) in [7, 11) is 0. The van der Waals surface area contributed by atoms with E-state index >= 15 is 0 Å². The Balaban J connectivity index is 2.97. The van der Waals surface area contributed by atoms with Gasteiger partial charge in [-0.25, -0.2) is 0 Å². The second kappa shape index (κ2) is 4.47. The Morgan fingerprint density at radius 3 is 2.35 bits per heavy atom. The van der Waals surface area contributed by atoms with Gasteiger partial charge in [0.1, 0.15) is 0 Å². The van der Waals surface area contributed by atoms with Gasteiger partial charge in [-0.1, -0.05) is 43.1 Å². The summed E-state index contributed by atoms with van der Waals surface area (Å²) < 4.78 is 0. The van der Waals surface area contributed by atoms with Gasteiger partial charge in [-0.2, -0.15) is 0 Å². The van der Waals surface area contributed by atoms with E-state index < -0.39 is 0 Å². The van der Waals surface area contributed by atoms with E-state index in [1.165, 1.54) is 0 Å². The van der Waals surface area contributed by atoms with Crippen molar-refractivity contribution in [3.63, 3.8) is 0 Å². The molecule has 1 heterocycles. The Kier molecular flexibility index (Phi) is 3.33. The van der Waals surface area contributed by atoms with Crippen molar-refractivity contribution in [1.29, 1.82) is 0 Å². The molecule has 0 N–H and O–H groups in total. The van der Waals surface area contributed by atoms with Crippen molar-refractivity contribution in [2.24, 2.45) is 0 Å². The van der Waals surface area contributed by atoms with Crippen molar-refractivity contribution in [3.8, 4) is 0 Å². The van der Waals surface area contributed by atoms with Gasteiger partial charge in [0.25, 0.3) is 0 Å². The Morgan fingerprint density at radius 2 is 1.76 bits per heavy atom. The van der Waals surface area contributed by atoms with Crippen LogP contribution in [0.5, 0.6) is 0 Å². The minimum atomic E-state index is 0.343. The van der Waals surface area contributed by atoms with Gasteiger partial charge in [-0.15, -0.1) is 0 Å². The van der Waals surface area contributed by atoms with E-state index in [1.807, 2.05) is 26.0 Å². The van der Waals surface area contributed by atoms with E-state index in [0.29, 0.717) is 10.9 Å². The maximum atomic E-state index is 6.49. The van der Waals surface area contributed by atoms with Gasteiger partial charge >= 0.3 is 0 Å². The lowest BCUT2D eigenvalue weighted by Gasteiger charge is -2.15. The number of nitrogens with zero attached hydrogens (tertiary/aromatic N) is 1. The summed E-state index contributed by atoms with van der Waals surface area (Å²) in [5.41, 5.74) is 4.09. The van der Waals surface area contributed by atoms with Gasteiger partial charge in [0.2, 0.25) is 0 Å². The van der Waals surface area contributed by atoms with Crippen LogP contribution in [0.4, 0.5) is 0 Å². The number of aryl methyl sites for hydroxylation is 2. The number of aromatic nitrogens is 1. The highest BCUT2D eigenvalue weighted by Crippen LogP contribution is 2.37. The fourth-order valence-corrected chi connectivity index (χ4v) is 3.06. The molecule has 17 heavy (non-hydrogen) atoms. The molecule has 1 nitrogen and oxygen atoms in total. The lowest BCUT2D eigenvalue weighted by molar-refractivity contribution is 0.848. The molecule has 0 atom stereocenters. The average Bonchev–Trinajstić information content (AvgIpc) is 2.22. The largest absolute Gasteiger partial charge is 0.252 e. The minimum absolute atomic E-state index is 0.343. The molecule has 0 saturated carbocycles. The van der Waals surface area contributed by atoms with Gasteiger partial charge in [-0.05, 0) is 37.0 Å². The Bertz CT molecular complexity index is 589. The predicted molar refractivity (Wildman–Crippen MR) is 75.3 cm³/mol. The van der Waals surface area contributed by atoms with Crippen molar-refractivity contribution in [2.75, 3.05) is 0 Å². The van der Waals surface area contributed by atoms with E-state index in [2.05, 4.69) is 18.8 Å². The molecule has 0 radical (unpaired) electrons. The van der Waals surface area contributed by atoms with Crippen molar-refractivity contribution < 1.29 is 0 Å². The predicted octanol–water partition coefficient (Wildman–Crippen LogP) is 5.28. The van der Waals surface area contributed by atoms with Crippen LogP contribution in [0.15, 0.2) is 12.1 Å². The summed E-state index contributed by atoms with van der Waals surface area (Å²) in [6.07, 6.45) is 0. The third-order valence-corrected chi connectivity index (χ3v) is 3.74. The van der Waals surface area contributed by atoms with Crippen LogP contribution in [0.1, 0.15) is 36.6 Å². The summed E-state index contributed by atoms with van der Waals surface area (Å²) in [6.45, 7) is 8.26. The molecule has 0 spiro atoms. The highest BCUT2D eigenvalue weighted by atomic mass is 35.5. The highest BCUT2D eigenvalue weighted by Gasteiger charge is 2.16. The molecule has 90 valence electrons. The minimum Gasteiger partial charge on any atom is -0.252 e. The SMILES string of the molecule is Cc1nc2c(C)ccc(Cl)c2c(Cl)c1C(C)C. The first-order valence-corrected chi connectivity index (χ1v) is 6.44. The molecule has 2 aromatic rings. The molecule has 0 aliphatic carbocycles. The lowest BCUT2D eigenvalue weighted by atomic mass is 9.98. The number of pyridine rings is 1. The number of benzene rings is 1. The quantitative estimate of drug-likeness (QED) is 0.685. The summed E-state index contributed by atoms with van der Waals surface area (Å²) in [6, 6.07) is 3.86. The second-order valence-corrected chi connectivity index (χ2v) is 5.45. The van der Waals surface area contributed by atoms with Gasteiger partial charge in [0.15, 0.2) is 0 Å². The maximum Gasteiger partial charge on any atom is 0.0764 e. The van der Waals surface area contributed by atoms with Crippen LogP contribution < -0.4 is 0 Å². The second-order valence-electron chi connectivity index (χ2n) is 4.67. The topological polar surface area (TPSA) is 12.9 Å². The Morgan fingerprint density at radius 1 is 1.12 bits per heavy atom. The van der Waals surface area contributed by atoms with E-state index in [0.717, 1.165) is 32.7 Å². The molecule has 1 aromatic carbocycles. The van der Waals surface area contributed by atoms with Gasteiger partial charge in [-0.3, -0.25) is 4.98 Å². The third-order valence-electron chi connectivity index (χ3n) is 3.03. The van der Waals surface area contributed by atoms with Crippen LogP contribution >= 0.6 is 23.2 Å². The number of fused-ring (bicyclic) bond motifs is 1. The molecular formula is C14H15Cl2N. The molecule has 2 rings (SSSR count). The molecule has 0 aliphatic heterocycles. The Hall–Kier alpha value is -0.790. The normalized spacial score (nSPS) is 11.5. The number of halogens is 2. The number of hydrogen-bond acceptors (Lipinski definition) is 1. The van der Waals surface area contributed by atoms with Gasteiger partial charge in [0, 0.05) is 11.1 Å². The summed E-state index contributed by atoms with van der Waals surface area (Å²) in [4.78, 5) is 4.65. The van der Waals surface area contributed by atoms with E-state index in [4.69, 9.17) is 23.2 Å². The van der Waals surface area contributed by atoms with E-state index in [1.54, 1.807) is 0 Å². The van der Waals surface area contributed by atoms with Crippen molar-refractivity contribution in [1.82, 2.24) is 4.98 Å². The maximum absolute atomic E-state index is 6.49. The molecule has 0 amide bonds. The van der Waals surface area contributed by atoms with Gasteiger partial charge < -0.3 is 0 Å². The monoisotopic (exact) mass is 267 g/mol. The van der Waals surface area contributed by atoms with E-state index in [9.17, 15) is 0 Å². The van der Waals surface area contributed by atoms with Crippen LogP contribution in [-0.2, 0) is 0 Å². The molecule has 0 bridgehead atoms. The average molecular weight is 268 g/mol.